The van der Waals surface area contributed by atoms with E-state index in [0.717, 1.165) is 17.3 Å². The third-order valence-corrected chi connectivity index (χ3v) is 4.59. The molecular weight excluding hydrogens is 362 g/mol. The molecule has 0 bridgehead atoms. The van der Waals surface area contributed by atoms with E-state index in [-0.39, 0.29) is 10.7 Å². The molecular formula is C17H12ClN3O3S. The molecule has 25 heavy (non-hydrogen) atoms. The Morgan fingerprint density at radius 1 is 1.12 bits per heavy atom. The molecule has 0 spiro atoms. The van der Waals surface area contributed by atoms with Crippen molar-refractivity contribution in [2.24, 2.45) is 10.2 Å². The molecule has 1 aliphatic heterocycles. The highest BCUT2D eigenvalue weighted by Gasteiger charge is 2.25. The second kappa shape index (κ2) is 7.08. The smallest absolute Gasteiger partial charge is 0.290 e. The maximum Gasteiger partial charge on any atom is 0.290 e. The van der Waals surface area contributed by atoms with Crippen LogP contribution in [0.4, 0.5) is 16.2 Å². The van der Waals surface area contributed by atoms with Crippen LogP contribution in [-0.4, -0.2) is 16.3 Å². The second-order valence-corrected chi connectivity index (χ2v) is 6.65. The van der Waals surface area contributed by atoms with E-state index in [2.05, 4.69) is 15.5 Å². The maximum absolute atomic E-state index is 11.6. The molecule has 126 valence electrons. The highest BCUT2D eigenvalue weighted by Crippen LogP contribution is 2.31. The largest absolute Gasteiger partial charge is 0.507 e. The van der Waals surface area contributed by atoms with E-state index in [0.29, 0.717) is 22.0 Å². The Balaban J connectivity index is 1.87. The highest BCUT2D eigenvalue weighted by molar-refractivity contribution is 8.18. The van der Waals surface area contributed by atoms with Crippen molar-refractivity contribution in [3.05, 3.63) is 57.5 Å². The number of halogens is 1. The van der Waals surface area contributed by atoms with Crippen LogP contribution in [0.15, 0.2) is 51.5 Å². The van der Waals surface area contributed by atoms with Crippen molar-refractivity contribution in [1.29, 1.82) is 0 Å². The van der Waals surface area contributed by atoms with E-state index in [1.165, 1.54) is 12.1 Å². The average molecular weight is 374 g/mol. The predicted octanol–water partition coefficient (Wildman–Crippen LogP) is 5.09. The molecule has 1 heterocycles. The third-order valence-electron chi connectivity index (χ3n) is 3.38. The van der Waals surface area contributed by atoms with Crippen LogP contribution >= 0.6 is 23.4 Å². The summed E-state index contributed by atoms with van der Waals surface area (Å²) in [5.41, 5.74) is 2.39. The van der Waals surface area contributed by atoms with Gasteiger partial charge in [0.05, 0.1) is 16.3 Å². The van der Waals surface area contributed by atoms with Crippen LogP contribution in [0.1, 0.15) is 11.1 Å². The van der Waals surface area contributed by atoms with Gasteiger partial charge in [-0.1, -0.05) is 17.7 Å². The Labute approximate surface area is 152 Å². The lowest BCUT2D eigenvalue weighted by atomic mass is 10.1. The molecule has 0 atom stereocenters. The molecule has 0 aromatic heterocycles. The number of nitrogens with one attached hydrogen (secondary N) is 1. The van der Waals surface area contributed by atoms with Crippen molar-refractivity contribution < 1.29 is 14.7 Å². The van der Waals surface area contributed by atoms with Gasteiger partial charge in [0, 0.05) is 10.6 Å². The lowest BCUT2D eigenvalue weighted by Gasteiger charge is -2.02. The first kappa shape index (κ1) is 17.2. The lowest BCUT2D eigenvalue weighted by Crippen LogP contribution is -2.17. The van der Waals surface area contributed by atoms with E-state index in [1.54, 1.807) is 24.3 Å². The molecule has 1 fully saturated rings. The molecule has 3 rings (SSSR count). The molecule has 1 aliphatic rings. The number of aromatic hydroxyl groups is 1. The van der Waals surface area contributed by atoms with Crippen LogP contribution in [0.25, 0.3) is 6.08 Å². The Hall–Kier alpha value is -2.64. The van der Waals surface area contributed by atoms with Crippen molar-refractivity contribution >= 4 is 52.0 Å². The van der Waals surface area contributed by atoms with Gasteiger partial charge in [-0.25, -0.2) is 0 Å². The Morgan fingerprint density at radius 3 is 2.44 bits per heavy atom. The van der Waals surface area contributed by atoms with E-state index >= 15 is 0 Å². The zero-order valence-electron chi connectivity index (χ0n) is 13.0. The van der Waals surface area contributed by atoms with Crippen molar-refractivity contribution in [1.82, 2.24) is 5.32 Å². The van der Waals surface area contributed by atoms with Crippen molar-refractivity contribution in [3.8, 4) is 5.75 Å². The Morgan fingerprint density at radius 2 is 1.80 bits per heavy atom. The number of thioether (sulfide) groups is 1. The quantitative estimate of drug-likeness (QED) is 0.578. The number of benzene rings is 2. The molecule has 0 radical (unpaired) electrons. The number of phenols is 1. The minimum Gasteiger partial charge on any atom is -0.507 e. The number of phenolic OH excluding ortho intramolecular Hbond substituents is 1. The summed E-state index contributed by atoms with van der Waals surface area (Å²) in [6.07, 6.45) is 1.43. The zero-order chi connectivity index (χ0) is 18.0. The third kappa shape index (κ3) is 4.07. The number of carbonyl (C=O) groups is 2. The molecule has 0 saturated carbocycles. The van der Waals surface area contributed by atoms with Crippen LogP contribution in [0, 0.1) is 6.92 Å². The second-order valence-electron chi connectivity index (χ2n) is 5.23. The molecule has 6 nitrogen and oxygen atoms in total. The predicted molar refractivity (Wildman–Crippen MR) is 97.6 cm³/mol. The van der Waals surface area contributed by atoms with Crippen LogP contribution in [-0.2, 0) is 4.79 Å². The summed E-state index contributed by atoms with van der Waals surface area (Å²) in [4.78, 5) is 23.0. The number of amides is 2. The first-order chi connectivity index (χ1) is 11.9. The summed E-state index contributed by atoms with van der Waals surface area (Å²) in [5, 5.41) is 20.5. The molecule has 2 N–H and O–H groups in total. The van der Waals surface area contributed by atoms with Gasteiger partial charge in [-0.2, -0.15) is 10.2 Å². The van der Waals surface area contributed by atoms with Gasteiger partial charge in [0.2, 0.25) is 0 Å². The van der Waals surface area contributed by atoms with Crippen molar-refractivity contribution in [2.75, 3.05) is 0 Å². The van der Waals surface area contributed by atoms with Gasteiger partial charge in [-0.05, 0) is 60.7 Å². The maximum atomic E-state index is 11.6. The Kier molecular flexibility index (Phi) is 4.87. The fraction of sp³-hybridized carbons (Fsp3) is 0.0588. The van der Waals surface area contributed by atoms with E-state index in [1.807, 2.05) is 13.0 Å². The molecule has 2 aromatic carbocycles. The fourth-order valence-corrected chi connectivity index (χ4v) is 2.89. The molecule has 1 saturated heterocycles. The summed E-state index contributed by atoms with van der Waals surface area (Å²) in [6, 6.07) is 9.94. The van der Waals surface area contributed by atoms with Gasteiger partial charge in [0.1, 0.15) is 5.75 Å². The summed E-state index contributed by atoms with van der Waals surface area (Å²) < 4.78 is 0. The van der Waals surface area contributed by atoms with Crippen molar-refractivity contribution in [3.63, 3.8) is 0 Å². The molecule has 0 aliphatic carbocycles. The van der Waals surface area contributed by atoms with Gasteiger partial charge >= 0.3 is 0 Å². The number of carbonyl (C=O) groups excluding carboxylic acids is 2. The lowest BCUT2D eigenvalue weighted by molar-refractivity contribution is -0.115. The van der Waals surface area contributed by atoms with E-state index < -0.39 is 11.1 Å². The van der Waals surface area contributed by atoms with Crippen LogP contribution in [0.2, 0.25) is 5.02 Å². The molecule has 0 unspecified atom stereocenters. The number of nitrogens with zero attached hydrogens (tertiary/aromatic N) is 2. The minimum absolute atomic E-state index is 0.0300. The number of hydrogen-bond donors (Lipinski definition) is 2. The number of hydrogen-bond acceptors (Lipinski definition) is 6. The average Bonchev–Trinajstić information content (AvgIpc) is 2.89. The minimum atomic E-state index is -0.490. The van der Waals surface area contributed by atoms with E-state index in [4.69, 9.17) is 11.6 Å². The number of rotatable bonds is 3. The van der Waals surface area contributed by atoms with Crippen molar-refractivity contribution in [2.45, 2.75) is 6.92 Å². The zero-order valence-corrected chi connectivity index (χ0v) is 14.6. The standard InChI is InChI=1S/C17H12ClN3O3S/c1-9-2-3-12(8-13(9)18)21-20-11-4-5-14(22)10(6-11)7-15-16(23)19-17(24)25-15/h2-8,22H,1H3,(H,19,23,24)/b15-7-,21-20?. The van der Waals surface area contributed by atoms with Gasteiger partial charge in [-0.15, -0.1) is 0 Å². The Bertz CT molecular complexity index is 941. The van der Waals surface area contributed by atoms with Crippen LogP contribution in [0.3, 0.4) is 0 Å². The number of aryl methyl sites for hydroxylation is 1. The summed E-state index contributed by atoms with van der Waals surface area (Å²) in [6.45, 7) is 1.89. The summed E-state index contributed by atoms with van der Waals surface area (Å²) >= 11 is 6.83. The molecule has 2 amide bonds. The topological polar surface area (TPSA) is 91.1 Å². The van der Waals surface area contributed by atoms with Gasteiger partial charge in [0.25, 0.3) is 11.1 Å². The van der Waals surface area contributed by atoms with Gasteiger partial charge in [0.15, 0.2) is 0 Å². The summed E-state index contributed by atoms with van der Waals surface area (Å²) in [5.74, 6) is -0.520. The number of azo groups is 1. The van der Waals surface area contributed by atoms with Gasteiger partial charge in [-0.3, -0.25) is 14.9 Å². The van der Waals surface area contributed by atoms with Gasteiger partial charge < -0.3 is 5.11 Å². The normalized spacial score (nSPS) is 16.0. The molecule has 2 aromatic rings. The molecule has 8 heteroatoms. The number of imide groups is 1. The summed E-state index contributed by atoms with van der Waals surface area (Å²) in [7, 11) is 0. The SMILES string of the molecule is Cc1ccc(N=Nc2ccc(O)c(/C=C3\SC(=O)NC3=O)c2)cc1Cl. The van der Waals surface area contributed by atoms with E-state index in [9.17, 15) is 14.7 Å². The monoisotopic (exact) mass is 373 g/mol. The van der Waals surface area contributed by atoms with Crippen LogP contribution in [0.5, 0.6) is 5.75 Å². The first-order valence-electron chi connectivity index (χ1n) is 7.18. The van der Waals surface area contributed by atoms with Crippen LogP contribution < -0.4 is 5.32 Å². The fourth-order valence-electron chi connectivity index (χ4n) is 2.04. The first-order valence-corrected chi connectivity index (χ1v) is 8.37. The highest BCUT2D eigenvalue weighted by atomic mass is 35.5.